The van der Waals surface area contributed by atoms with E-state index < -0.39 is 0 Å². The van der Waals surface area contributed by atoms with E-state index in [0.29, 0.717) is 29.6 Å². The highest BCUT2D eigenvalue weighted by Gasteiger charge is 2.53. The van der Waals surface area contributed by atoms with Crippen LogP contribution in [-0.4, -0.2) is 23.9 Å². The van der Waals surface area contributed by atoms with E-state index in [0.717, 1.165) is 13.1 Å². The monoisotopic (exact) mass is 195 g/mol. The minimum atomic E-state index is 0.355. The first-order chi connectivity index (χ1) is 6.63. The number of hydrogen-bond acceptors (Lipinski definition) is 1. The van der Waals surface area contributed by atoms with Gasteiger partial charge >= 0.3 is 0 Å². The summed E-state index contributed by atoms with van der Waals surface area (Å²) in [5, 5.41) is 0. The molecule has 1 heterocycles. The van der Waals surface area contributed by atoms with Crippen LogP contribution in [0.4, 0.5) is 0 Å². The molecule has 2 rings (SSSR count). The highest BCUT2D eigenvalue weighted by atomic mass is 16.2. The predicted molar refractivity (Wildman–Crippen MR) is 56.8 cm³/mol. The van der Waals surface area contributed by atoms with E-state index >= 15 is 0 Å². The maximum atomic E-state index is 12.1. The van der Waals surface area contributed by atoms with Gasteiger partial charge in [0.05, 0.1) is 0 Å². The number of nitrogens with zero attached hydrogens (tertiary/aromatic N) is 1. The largest absolute Gasteiger partial charge is 0.342 e. The van der Waals surface area contributed by atoms with Gasteiger partial charge in [0.2, 0.25) is 5.91 Å². The minimum Gasteiger partial charge on any atom is -0.342 e. The summed E-state index contributed by atoms with van der Waals surface area (Å²) in [7, 11) is 0. The van der Waals surface area contributed by atoms with Crippen molar-refractivity contribution in [2.45, 2.75) is 33.6 Å². The number of amides is 1. The fourth-order valence-electron chi connectivity index (χ4n) is 3.05. The Balaban J connectivity index is 1.93. The molecule has 14 heavy (non-hydrogen) atoms. The van der Waals surface area contributed by atoms with Gasteiger partial charge in [-0.05, 0) is 30.6 Å². The molecule has 1 aliphatic heterocycles. The Morgan fingerprint density at radius 2 is 1.86 bits per heavy atom. The zero-order valence-corrected chi connectivity index (χ0v) is 9.49. The van der Waals surface area contributed by atoms with E-state index in [2.05, 4.69) is 25.7 Å². The van der Waals surface area contributed by atoms with Crippen LogP contribution in [0, 0.1) is 23.7 Å². The highest BCUT2D eigenvalue weighted by Crippen LogP contribution is 2.51. The van der Waals surface area contributed by atoms with E-state index in [4.69, 9.17) is 0 Å². The second-order valence-corrected chi connectivity index (χ2v) is 5.24. The second-order valence-electron chi connectivity index (χ2n) is 5.24. The molecule has 1 aliphatic carbocycles. The van der Waals surface area contributed by atoms with Gasteiger partial charge in [-0.1, -0.05) is 20.8 Å². The molecule has 0 bridgehead atoms. The zero-order valence-electron chi connectivity index (χ0n) is 9.49. The molecule has 0 spiro atoms. The highest BCUT2D eigenvalue weighted by molar-refractivity contribution is 5.82. The van der Waals surface area contributed by atoms with Gasteiger partial charge in [-0.3, -0.25) is 4.79 Å². The second kappa shape index (κ2) is 3.56. The Hall–Kier alpha value is -0.530. The standard InChI is InChI=1S/C12H21NO/c1-8(2)10-9(3)11(10)12(14)13-6-4-5-7-13/h8-11H,4-7H2,1-3H3. The van der Waals surface area contributed by atoms with Crippen molar-refractivity contribution in [2.75, 3.05) is 13.1 Å². The first-order valence-electron chi connectivity index (χ1n) is 5.91. The lowest BCUT2D eigenvalue weighted by Crippen LogP contribution is -2.30. The number of likely N-dealkylation sites (tertiary alicyclic amines) is 1. The van der Waals surface area contributed by atoms with Gasteiger partial charge in [0.1, 0.15) is 0 Å². The molecule has 1 saturated carbocycles. The Kier molecular flexibility index (Phi) is 2.54. The average Bonchev–Trinajstić information content (AvgIpc) is 2.64. The topological polar surface area (TPSA) is 20.3 Å². The summed E-state index contributed by atoms with van der Waals surface area (Å²) in [6.07, 6.45) is 2.42. The lowest BCUT2D eigenvalue weighted by atomic mass is 10.1. The summed E-state index contributed by atoms with van der Waals surface area (Å²) in [5.41, 5.74) is 0. The lowest BCUT2D eigenvalue weighted by Gasteiger charge is -2.15. The van der Waals surface area contributed by atoms with E-state index in [1.165, 1.54) is 12.8 Å². The maximum absolute atomic E-state index is 12.1. The van der Waals surface area contributed by atoms with Gasteiger partial charge in [-0.25, -0.2) is 0 Å². The van der Waals surface area contributed by atoms with Crippen LogP contribution in [0.1, 0.15) is 33.6 Å². The van der Waals surface area contributed by atoms with Gasteiger partial charge in [0, 0.05) is 19.0 Å². The molecule has 80 valence electrons. The van der Waals surface area contributed by atoms with E-state index in [-0.39, 0.29) is 0 Å². The van der Waals surface area contributed by atoms with Crippen LogP contribution in [0.15, 0.2) is 0 Å². The molecule has 0 aromatic heterocycles. The Bertz CT molecular complexity index is 230. The summed E-state index contributed by atoms with van der Waals surface area (Å²) in [5.74, 6) is 2.74. The smallest absolute Gasteiger partial charge is 0.226 e. The molecule has 0 N–H and O–H groups in total. The molecule has 0 radical (unpaired) electrons. The van der Waals surface area contributed by atoms with Crippen LogP contribution < -0.4 is 0 Å². The lowest BCUT2D eigenvalue weighted by molar-refractivity contribution is -0.132. The zero-order chi connectivity index (χ0) is 10.3. The van der Waals surface area contributed by atoms with Crippen LogP contribution in [0.2, 0.25) is 0 Å². The van der Waals surface area contributed by atoms with E-state index in [1.807, 2.05) is 0 Å². The van der Waals surface area contributed by atoms with Crippen LogP contribution in [-0.2, 0) is 4.79 Å². The third-order valence-electron chi connectivity index (χ3n) is 3.92. The van der Waals surface area contributed by atoms with Crippen LogP contribution >= 0.6 is 0 Å². The molecular formula is C12H21NO. The van der Waals surface area contributed by atoms with Crippen molar-refractivity contribution in [3.8, 4) is 0 Å². The fourth-order valence-corrected chi connectivity index (χ4v) is 3.05. The molecule has 0 aromatic rings. The molecular weight excluding hydrogens is 174 g/mol. The third-order valence-corrected chi connectivity index (χ3v) is 3.92. The Morgan fingerprint density at radius 1 is 1.29 bits per heavy atom. The first-order valence-corrected chi connectivity index (χ1v) is 5.91. The van der Waals surface area contributed by atoms with Crippen molar-refractivity contribution >= 4 is 5.91 Å². The van der Waals surface area contributed by atoms with Crippen LogP contribution in [0.5, 0.6) is 0 Å². The normalized spacial score (nSPS) is 36.6. The molecule has 1 amide bonds. The van der Waals surface area contributed by atoms with Gasteiger partial charge in [0.25, 0.3) is 0 Å². The summed E-state index contributed by atoms with van der Waals surface area (Å²) in [6.45, 7) is 8.71. The summed E-state index contributed by atoms with van der Waals surface area (Å²) >= 11 is 0. The first kappa shape index (κ1) is 10.0. The van der Waals surface area contributed by atoms with E-state index in [1.54, 1.807) is 0 Å². The summed E-state index contributed by atoms with van der Waals surface area (Å²) < 4.78 is 0. The summed E-state index contributed by atoms with van der Waals surface area (Å²) in [4.78, 5) is 14.1. The molecule has 3 unspecified atom stereocenters. The fraction of sp³-hybridized carbons (Fsp3) is 0.917. The third kappa shape index (κ3) is 1.55. The quantitative estimate of drug-likeness (QED) is 0.661. The van der Waals surface area contributed by atoms with Crippen molar-refractivity contribution in [3.63, 3.8) is 0 Å². The minimum absolute atomic E-state index is 0.355. The van der Waals surface area contributed by atoms with Crippen molar-refractivity contribution < 1.29 is 4.79 Å². The average molecular weight is 195 g/mol. The maximum Gasteiger partial charge on any atom is 0.226 e. The number of rotatable bonds is 2. The Labute approximate surface area is 86.7 Å². The molecule has 2 fully saturated rings. The molecule has 2 heteroatoms. The number of carbonyl (C=O) groups is 1. The van der Waals surface area contributed by atoms with Gasteiger partial charge < -0.3 is 4.90 Å². The SMILES string of the molecule is CC(C)C1C(C)C1C(=O)N1CCCC1. The van der Waals surface area contributed by atoms with Gasteiger partial charge in [0.15, 0.2) is 0 Å². The van der Waals surface area contributed by atoms with Crippen molar-refractivity contribution in [1.29, 1.82) is 0 Å². The number of hydrogen-bond donors (Lipinski definition) is 0. The molecule has 1 saturated heterocycles. The van der Waals surface area contributed by atoms with Crippen LogP contribution in [0.25, 0.3) is 0 Å². The number of carbonyl (C=O) groups excluding carboxylic acids is 1. The van der Waals surface area contributed by atoms with Gasteiger partial charge in [-0.15, -0.1) is 0 Å². The predicted octanol–water partition coefficient (Wildman–Crippen LogP) is 2.15. The molecule has 0 aromatic carbocycles. The molecule has 2 nitrogen and oxygen atoms in total. The summed E-state index contributed by atoms with van der Waals surface area (Å²) in [6, 6.07) is 0. The van der Waals surface area contributed by atoms with Crippen molar-refractivity contribution in [2.24, 2.45) is 23.7 Å². The van der Waals surface area contributed by atoms with Crippen molar-refractivity contribution in [3.05, 3.63) is 0 Å². The Morgan fingerprint density at radius 3 is 2.29 bits per heavy atom. The molecule has 3 atom stereocenters. The molecule has 2 aliphatic rings. The van der Waals surface area contributed by atoms with Gasteiger partial charge in [-0.2, -0.15) is 0 Å². The van der Waals surface area contributed by atoms with Crippen LogP contribution in [0.3, 0.4) is 0 Å². The van der Waals surface area contributed by atoms with Crippen molar-refractivity contribution in [1.82, 2.24) is 4.90 Å². The van der Waals surface area contributed by atoms with E-state index in [9.17, 15) is 4.79 Å².